The zero-order chi connectivity index (χ0) is 26.5. The number of nitrogens with one attached hydrogen (secondary N) is 1. The summed E-state index contributed by atoms with van der Waals surface area (Å²) in [5.74, 6) is -1.05. The van der Waals surface area contributed by atoms with Crippen molar-refractivity contribution in [2.45, 2.75) is 82.8 Å². The van der Waals surface area contributed by atoms with Gasteiger partial charge in [-0.2, -0.15) is 0 Å². The van der Waals surface area contributed by atoms with Crippen LogP contribution in [0.2, 0.25) is 0 Å². The van der Waals surface area contributed by atoms with Gasteiger partial charge in [0, 0.05) is 61.7 Å². The molecule has 2 aliphatic carbocycles. The van der Waals surface area contributed by atoms with E-state index < -0.39 is 36.0 Å². The third-order valence-corrected chi connectivity index (χ3v) is 9.25. The van der Waals surface area contributed by atoms with Gasteiger partial charge in [0.05, 0.1) is 18.3 Å². The first-order chi connectivity index (χ1) is 17.7. The van der Waals surface area contributed by atoms with Gasteiger partial charge >= 0.3 is 5.97 Å². The van der Waals surface area contributed by atoms with E-state index in [1.165, 1.54) is 7.11 Å². The second-order valence-electron chi connectivity index (χ2n) is 11.4. The van der Waals surface area contributed by atoms with E-state index in [0.29, 0.717) is 13.0 Å². The number of hydrogen-bond acceptors (Lipinski definition) is 8. The molecule has 4 bridgehead atoms. The summed E-state index contributed by atoms with van der Waals surface area (Å²) >= 11 is 0. The first-order valence-electron chi connectivity index (χ1n) is 13.5. The highest BCUT2D eigenvalue weighted by Crippen LogP contribution is 2.60. The van der Waals surface area contributed by atoms with Crippen LogP contribution in [0.25, 0.3) is 0 Å². The number of carbonyl (C=O) groups excluding carboxylic acids is 1. The van der Waals surface area contributed by atoms with Gasteiger partial charge in [-0.15, -0.1) is 0 Å². The molecule has 2 aliphatic heterocycles. The minimum Gasteiger partial charge on any atom is -0.457 e. The highest BCUT2D eigenvalue weighted by atomic mass is 16.6. The number of esters is 1. The maximum Gasteiger partial charge on any atom is 0.335 e. The summed E-state index contributed by atoms with van der Waals surface area (Å²) in [5.41, 5.74) is 1.35. The van der Waals surface area contributed by atoms with Gasteiger partial charge in [0.25, 0.3) is 0 Å². The molecule has 3 N–H and O–H groups in total. The Morgan fingerprint density at radius 3 is 2.68 bits per heavy atom. The lowest BCUT2D eigenvalue weighted by Gasteiger charge is -2.49. The Morgan fingerprint density at radius 2 is 2.00 bits per heavy atom. The summed E-state index contributed by atoms with van der Waals surface area (Å²) in [4.78, 5) is 17.2. The summed E-state index contributed by atoms with van der Waals surface area (Å²) in [6.07, 6.45) is 7.24. The zero-order valence-corrected chi connectivity index (χ0v) is 22.3. The maximum absolute atomic E-state index is 13.1. The number of hydrogen-bond donors (Lipinski definition) is 3. The van der Waals surface area contributed by atoms with Gasteiger partial charge in [-0.25, -0.2) is 4.79 Å². The van der Waals surface area contributed by atoms with Crippen molar-refractivity contribution in [3.8, 4) is 0 Å². The van der Waals surface area contributed by atoms with E-state index >= 15 is 0 Å². The van der Waals surface area contributed by atoms with Crippen LogP contribution in [-0.4, -0.2) is 70.4 Å². The average molecular weight is 513 g/mol. The number of pyridine rings is 1. The lowest BCUT2D eigenvalue weighted by Crippen LogP contribution is -2.59. The standard InChI is InChI=1S/C29H40N2O6/c1-15-12-16(2)29-20(13-22(35-5)28(34)36-26(15)18(4)32)6-7-21-23(29)25(33)17(3)24(27(21)37-29)31-14-19-8-10-30-11-9-19/h6-12,15,17-18,20-27,31-33H,13-14H2,1-5H3/b16-12+/t15-,17?,18-,20-,21-,22+,23+,24+,25-,26+,27?,29+/m1/s1. The van der Waals surface area contributed by atoms with Gasteiger partial charge in [0.1, 0.15) is 11.7 Å². The molecule has 12 atom stereocenters. The fraction of sp³-hybridized carbons (Fsp3) is 0.655. The summed E-state index contributed by atoms with van der Waals surface area (Å²) in [6.45, 7) is 8.38. The molecule has 8 nitrogen and oxygen atoms in total. The molecule has 37 heavy (non-hydrogen) atoms. The monoisotopic (exact) mass is 512 g/mol. The topological polar surface area (TPSA) is 110 Å². The van der Waals surface area contributed by atoms with Crippen molar-refractivity contribution >= 4 is 5.97 Å². The molecule has 1 aromatic heterocycles. The number of methoxy groups -OCH3 is 1. The Kier molecular flexibility index (Phi) is 7.33. The predicted molar refractivity (Wildman–Crippen MR) is 137 cm³/mol. The number of aliphatic hydroxyl groups excluding tert-OH is 2. The molecule has 5 rings (SSSR count). The Bertz CT molecular complexity index is 1040. The normalized spacial score (nSPS) is 45.4. The molecule has 1 spiro atoms. The third-order valence-electron chi connectivity index (χ3n) is 9.25. The van der Waals surface area contributed by atoms with Crippen LogP contribution in [0.1, 0.15) is 39.7 Å². The van der Waals surface area contributed by atoms with Crippen molar-refractivity contribution in [1.29, 1.82) is 0 Å². The van der Waals surface area contributed by atoms with Gasteiger partial charge in [0.15, 0.2) is 6.10 Å². The minimum absolute atomic E-state index is 0.0337. The SMILES string of the molecule is CO[C@H]1C[C@H]2C=C[C@H]3C4O[C@]2(/C(C)=C/[C@@H](C)[C@@H]([C@@H](C)O)OC1=O)[C@@H]3[C@H](O)C(C)[C@@H]4NCc1ccncc1. The van der Waals surface area contributed by atoms with Gasteiger partial charge in [0.2, 0.25) is 0 Å². The molecular formula is C29H40N2O6. The van der Waals surface area contributed by atoms with Crippen molar-refractivity contribution < 1.29 is 29.2 Å². The van der Waals surface area contributed by atoms with Crippen molar-refractivity contribution in [3.05, 3.63) is 53.9 Å². The molecule has 4 aliphatic rings. The van der Waals surface area contributed by atoms with E-state index in [9.17, 15) is 15.0 Å². The molecule has 0 aromatic carbocycles. The molecule has 0 amide bonds. The van der Waals surface area contributed by atoms with E-state index in [2.05, 4.69) is 42.4 Å². The molecule has 8 heteroatoms. The van der Waals surface area contributed by atoms with Crippen LogP contribution in [0.5, 0.6) is 0 Å². The van der Waals surface area contributed by atoms with E-state index in [0.717, 1.165) is 11.1 Å². The number of rotatable bonds is 5. The zero-order valence-electron chi connectivity index (χ0n) is 22.3. The van der Waals surface area contributed by atoms with Crippen molar-refractivity contribution in [2.24, 2.45) is 29.6 Å². The molecule has 2 unspecified atom stereocenters. The van der Waals surface area contributed by atoms with Crippen molar-refractivity contribution in [3.63, 3.8) is 0 Å². The van der Waals surface area contributed by atoms with Gasteiger partial charge < -0.3 is 29.7 Å². The number of nitrogens with zero attached hydrogens (tertiary/aromatic N) is 1. The number of cyclic esters (lactones) is 1. The Balaban J connectivity index is 1.55. The average Bonchev–Trinajstić information content (AvgIpc) is 3.07. The number of carbonyl (C=O) groups is 1. The number of ether oxygens (including phenoxy) is 3. The van der Waals surface area contributed by atoms with E-state index in [4.69, 9.17) is 14.2 Å². The number of aromatic nitrogens is 1. The molecule has 0 radical (unpaired) electrons. The molecule has 1 saturated carbocycles. The highest BCUT2D eigenvalue weighted by Gasteiger charge is 2.68. The fourth-order valence-electron chi connectivity index (χ4n) is 7.41. The maximum atomic E-state index is 13.1. The van der Waals surface area contributed by atoms with Crippen molar-refractivity contribution in [1.82, 2.24) is 10.3 Å². The number of aliphatic hydroxyl groups is 2. The lowest BCUT2D eigenvalue weighted by atomic mass is 9.57. The smallest absolute Gasteiger partial charge is 0.335 e. The van der Waals surface area contributed by atoms with E-state index in [-0.39, 0.29) is 41.7 Å². The molecule has 1 saturated heterocycles. The summed E-state index contributed by atoms with van der Waals surface area (Å²) < 4.78 is 18.5. The highest BCUT2D eigenvalue weighted by molar-refractivity contribution is 5.75. The second-order valence-corrected chi connectivity index (χ2v) is 11.4. The molecule has 2 fully saturated rings. The largest absolute Gasteiger partial charge is 0.457 e. The minimum atomic E-state index is -0.844. The first-order valence-corrected chi connectivity index (χ1v) is 13.5. The molecule has 3 heterocycles. The van der Waals surface area contributed by atoms with Crippen LogP contribution in [0.4, 0.5) is 0 Å². The Hall–Kier alpha value is -2.10. The van der Waals surface area contributed by atoms with Crippen LogP contribution >= 0.6 is 0 Å². The molecule has 1 aromatic rings. The van der Waals surface area contributed by atoms with Crippen LogP contribution in [0.15, 0.2) is 48.3 Å². The van der Waals surface area contributed by atoms with Crippen LogP contribution in [0.3, 0.4) is 0 Å². The quantitative estimate of drug-likeness (QED) is 0.408. The van der Waals surface area contributed by atoms with Crippen LogP contribution in [0, 0.1) is 29.6 Å². The lowest BCUT2D eigenvalue weighted by molar-refractivity contribution is -0.172. The van der Waals surface area contributed by atoms with Gasteiger partial charge in [-0.3, -0.25) is 4.98 Å². The second kappa shape index (κ2) is 10.2. The summed E-state index contributed by atoms with van der Waals surface area (Å²) in [5, 5.41) is 25.9. The van der Waals surface area contributed by atoms with Gasteiger partial charge in [-0.05, 0) is 43.5 Å². The van der Waals surface area contributed by atoms with Crippen molar-refractivity contribution in [2.75, 3.05) is 7.11 Å². The molecular weight excluding hydrogens is 472 g/mol. The van der Waals surface area contributed by atoms with E-state index in [1.807, 2.05) is 19.1 Å². The van der Waals surface area contributed by atoms with Gasteiger partial charge in [-0.1, -0.05) is 32.1 Å². The third kappa shape index (κ3) is 4.36. The Labute approximate surface area is 219 Å². The Morgan fingerprint density at radius 1 is 1.27 bits per heavy atom. The first kappa shape index (κ1) is 26.5. The van der Waals surface area contributed by atoms with Crippen LogP contribution in [-0.2, 0) is 25.5 Å². The summed E-state index contributed by atoms with van der Waals surface area (Å²) in [6, 6.07) is 3.92. The van der Waals surface area contributed by atoms with Crippen LogP contribution < -0.4 is 5.32 Å². The predicted octanol–water partition coefficient (Wildman–Crippen LogP) is 2.40. The van der Waals surface area contributed by atoms with E-state index in [1.54, 1.807) is 19.3 Å². The summed E-state index contributed by atoms with van der Waals surface area (Å²) in [7, 11) is 1.51. The molecule has 202 valence electrons. The fourth-order valence-corrected chi connectivity index (χ4v) is 7.41.